The summed E-state index contributed by atoms with van der Waals surface area (Å²) in [6, 6.07) is 11.5. The fourth-order valence-corrected chi connectivity index (χ4v) is 1.99. The van der Waals surface area contributed by atoms with E-state index in [0.29, 0.717) is 6.54 Å². The molecular formula is C14H12BrN3O3. The lowest BCUT2D eigenvalue weighted by atomic mass is 10.1. The Kier molecular flexibility index (Phi) is 4.54. The van der Waals surface area contributed by atoms with E-state index in [0.717, 1.165) is 10.0 Å². The first-order chi connectivity index (χ1) is 9.97. The lowest BCUT2D eigenvalue weighted by molar-refractivity contribution is -0.383. The first-order valence-electron chi connectivity index (χ1n) is 6.04. The monoisotopic (exact) mass is 349 g/mol. The number of amides is 1. The van der Waals surface area contributed by atoms with Crippen LogP contribution < -0.4 is 11.1 Å². The third-order valence-electron chi connectivity index (χ3n) is 2.86. The van der Waals surface area contributed by atoms with Crippen LogP contribution in [0.25, 0.3) is 0 Å². The van der Waals surface area contributed by atoms with E-state index < -0.39 is 4.92 Å². The molecule has 3 N–H and O–H groups in total. The van der Waals surface area contributed by atoms with E-state index in [4.69, 9.17) is 5.73 Å². The fraction of sp³-hybridized carbons (Fsp3) is 0.0714. The zero-order valence-corrected chi connectivity index (χ0v) is 12.5. The van der Waals surface area contributed by atoms with E-state index in [2.05, 4.69) is 21.2 Å². The van der Waals surface area contributed by atoms with E-state index >= 15 is 0 Å². The smallest absolute Gasteiger partial charge is 0.292 e. The molecule has 0 saturated heterocycles. The van der Waals surface area contributed by atoms with Crippen molar-refractivity contribution in [3.63, 3.8) is 0 Å². The van der Waals surface area contributed by atoms with E-state index in [9.17, 15) is 14.9 Å². The minimum atomic E-state index is -0.610. The van der Waals surface area contributed by atoms with Gasteiger partial charge in [0.25, 0.3) is 11.6 Å². The topological polar surface area (TPSA) is 98.3 Å². The van der Waals surface area contributed by atoms with Crippen molar-refractivity contribution in [3.8, 4) is 0 Å². The SMILES string of the molecule is Nc1ccc(C(=O)NCc2ccc(Br)cc2)cc1[N+](=O)[O-]. The molecule has 0 fully saturated rings. The third kappa shape index (κ3) is 3.79. The van der Waals surface area contributed by atoms with Crippen LogP contribution in [0.5, 0.6) is 0 Å². The molecule has 21 heavy (non-hydrogen) atoms. The summed E-state index contributed by atoms with van der Waals surface area (Å²) in [6.07, 6.45) is 0. The second kappa shape index (κ2) is 6.36. The second-order valence-electron chi connectivity index (χ2n) is 4.34. The van der Waals surface area contributed by atoms with Crippen molar-refractivity contribution in [2.24, 2.45) is 0 Å². The largest absolute Gasteiger partial charge is 0.393 e. The zero-order valence-electron chi connectivity index (χ0n) is 10.9. The summed E-state index contributed by atoms with van der Waals surface area (Å²) < 4.78 is 0.951. The standard InChI is InChI=1S/C14H12BrN3O3/c15-11-4-1-9(2-5-11)8-17-14(19)10-3-6-12(16)13(7-10)18(20)21/h1-7H,8,16H2,(H,17,19). The molecule has 0 bridgehead atoms. The molecule has 2 rings (SSSR count). The van der Waals surface area contributed by atoms with Crippen LogP contribution >= 0.6 is 15.9 Å². The van der Waals surface area contributed by atoms with Crippen molar-refractivity contribution < 1.29 is 9.72 Å². The van der Waals surface area contributed by atoms with Gasteiger partial charge < -0.3 is 11.1 Å². The Morgan fingerprint density at radius 2 is 1.90 bits per heavy atom. The molecule has 0 aliphatic rings. The molecule has 0 spiro atoms. The highest BCUT2D eigenvalue weighted by Gasteiger charge is 2.15. The van der Waals surface area contributed by atoms with Crippen LogP contribution in [0.15, 0.2) is 46.9 Å². The minimum Gasteiger partial charge on any atom is -0.393 e. The van der Waals surface area contributed by atoms with Crippen LogP contribution in [0.1, 0.15) is 15.9 Å². The van der Waals surface area contributed by atoms with E-state index in [-0.39, 0.29) is 22.8 Å². The Labute approximate surface area is 129 Å². The lowest BCUT2D eigenvalue weighted by Crippen LogP contribution is -2.22. The van der Waals surface area contributed by atoms with Gasteiger partial charge in [0.2, 0.25) is 0 Å². The summed E-state index contributed by atoms with van der Waals surface area (Å²) in [7, 11) is 0. The predicted molar refractivity (Wildman–Crippen MR) is 82.8 cm³/mol. The van der Waals surface area contributed by atoms with Crippen molar-refractivity contribution in [3.05, 3.63) is 68.2 Å². The van der Waals surface area contributed by atoms with Gasteiger partial charge in [-0.2, -0.15) is 0 Å². The van der Waals surface area contributed by atoms with E-state index in [1.165, 1.54) is 18.2 Å². The van der Waals surface area contributed by atoms with Crippen molar-refractivity contribution in [1.82, 2.24) is 5.32 Å². The number of nitro benzene ring substituents is 1. The van der Waals surface area contributed by atoms with Gasteiger partial charge in [-0.3, -0.25) is 14.9 Å². The second-order valence-corrected chi connectivity index (χ2v) is 5.26. The highest BCUT2D eigenvalue weighted by atomic mass is 79.9. The number of hydrogen-bond acceptors (Lipinski definition) is 4. The van der Waals surface area contributed by atoms with Crippen LogP contribution in [0.4, 0.5) is 11.4 Å². The van der Waals surface area contributed by atoms with Crippen molar-refractivity contribution >= 4 is 33.2 Å². The molecule has 108 valence electrons. The molecule has 0 saturated carbocycles. The molecule has 0 radical (unpaired) electrons. The number of carbonyl (C=O) groups excluding carboxylic acids is 1. The molecule has 7 heteroatoms. The zero-order chi connectivity index (χ0) is 15.4. The molecule has 0 heterocycles. The molecule has 0 aromatic heterocycles. The van der Waals surface area contributed by atoms with Crippen LogP contribution in [0.2, 0.25) is 0 Å². The molecule has 1 amide bonds. The number of carbonyl (C=O) groups is 1. The van der Waals surface area contributed by atoms with Gasteiger partial charge >= 0.3 is 0 Å². The summed E-state index contributed by atoms with van der Waals surface area (Å²) in [5.74, 6) is -0.388. The highest BCUT2D eigenvalue weighted by Crippen LogP contribution is 2.22. The van der Waals surface area contributed by atoms with Crippen LogP contribution in [-0.4, -0.2) is 10.8 Å². The van der Waals surface area contributed by atoms with Gasteiger partial charge in [0, 0.05) is 22.6 Å². The maximum atomic E-state index is 12.0. The van der Waals surface area contributed by atoms with Crippen molar-refractivity contribution in [2.75, 3.05) is 5.73 Å². The van der Waals surface area contributed by atoms with Crippen LogP contribution in [0, 0.1) is 10.1 Å². The van der Waals surface area contributed by atoms with Crippen molar-refractivity contribution in [1.29, 1.82) is 0 Å². The first-order valence-corrected chi connectivity index (χ1v) is 6.83. The van der Waals surface area contributed by atoms with Gasteiger partial charge in [0.05, 0.1) is 4.92 Å². The number of rotatable bonds is 4. The molecule has 0 aliphatic heterocycles. The average molecular weight is 350 g/mol. The Morgan fingerprint density at radius 3 is 2.52 bits per heavy atom. The summed E-state index contributed by atoms with van der Waals surface area (Å²) in [5, 5.41) is 13.5. The fourth-order valence-electron chi connectivity index (χ4n) is 1.73. The number of nitro groups is 1. The number of nitrogens with two attached hydrogens (primary N) is 1. The van der Waals surface area contributed by atoms with Crippen molar-refractivity contribution in [2.45, 2.75) is 6.54 Å². The minimum absolute atomic E-state index is 0.0319. The highest BCUT2D eigenvalue weighted by molar-refractivity contribution is 9.10. The van der Waals surface area contributed by atoms with E-state index in [1.807, 2.05) is 24.3 Å². The van der Waals surface area contributed by atoms with Gasteiger partial charge in [-0.15, -0.1) is 0 Å². The Balaban J connectivity index is 2.08. The summed E-state index contributed by atoms with van der Waals surface area (Å²) in [5.41, 5.74) is 6.38. The molecule has 6 nitrogen and oxygen atoms in total. The first kappa shape index (κ1) is 15.0. The quantitative estimate of drug-likeness (QED) is 0.503. The number of benzene rings is 2. The van der Waals surface area contributed by atoms with Gasteiger partial charge in [-0.05, 0) is 29.8 Å². The van der Waals surface area contributed by atoms with Gasteiger partial charge in [0.15, 0.2) is 0 Å². The Bertz CT molecular complexity index is 686. The number of hydrogen-bond donors (Lipinski definition) is 2. The van der Waals surface area contributed by atoms with E-state index in [1.54, 1.807) is 0 Å². The molecule has 0 unspecified atom stereocenters. The Hall–Kier alpha value is -2.41. The molecule has 2 aromatic rings. The Morgan fingerprint density at radius 1 is 1.24 bits per heavy atom. The maximum absolute atomic E-state index is 12.0. The summed E-state index contributed by atoms with van der Waals surface area (Å²) >= 11 is 3.33. The number of halogens is 1. The molecule has 0 aliphatic carbocycles. The summed E-state index contributed by atoms with van der Waals surface area (Å²) in [4.78, 5) is 22.2. The molecule has 2 aromatic carbocycles. The lowest BCUT2D eigenvalue weighted by Gasteiger charge is -2.06. The number of nitrogens with zero attached hydrogens (tertiary/aromatic N) is 1. The maximum Gasteiger partial charge on any atom is 0.292 e. The average Bonchev–Trinajstić information content (AvgIpc) is 2.46. The van der Waals surface area contributed by atoms with Gasteiger partial charge in [-0.1, -0.05) is 28.1 Å². The molecular weight excluding hydrogens is 338 g/mol. The normalized spacial score (nSPS) is 10.1. The molecule has 0 atom stereocenters. The predicted octanol–water partition coefficient (Wildman–Crippen LogP) is 2.87. The van der Waals surface area contributed by atoms with Gasteiger partial charge in [-0.25, -0.2) is 0 Å². The van der Waals surface area contributed by atoms with Crippen LogP contribution in [-0.2, 0) is 6.54 Å². The number of nitrogen functional groups attached to an aromatic ring is 1. The number of nitrogens with one attached hydrogen (secondary N) is 1. The van der Waals surface area contributed by atoms with Crippen LogP contribution in [0.3, 0.4) is 0 Å². The third-order valence-corrected chi connectivity index (χ3v) is 3.38. The number of anilines is 1. The van der Waals surface area contributed by atoms with Gasteiger partial charge in [0.1, 0.15) is 5.69 Å². The summed E-state index contributed by atoms with van der Waals surface area (Å²) in [6.45, 7) is 0.338.